The van der Waals surface area contributed by atoms with Gasteiger partial charge in [0.1, 0.15) is 11.6 Å². The van der Waals surface area contributed by atoms with E-state index in [4.69, 9.17) is 10.4 Å². The Morgan fingerprint density at radius 2 is 1.88 bits per heavy atom. The predicted molar refractivity (Wildman–Crippen MR) is 68.5 cm³/mol. The van der Waals surface area contributed by atoms with Gasteiger partial charge in [-0.15, -0.1) is 0 Å². The molecule has 0 bridgehead atoms. The SMILES string of the molecule is CCCCCCC/C(C)=C\C=C(/C#N)C(=O)O. The minimum Gasteiger partial charge on any atom is -0.477 e. The molecule has 1 N–H and O–H groups in total. The first kappa shape index (κ1) is 15.4. The number of nitrogens with zero attached hydrogens (tertiary/aromatic N) is 1. The van der Waals surface area contributed by atoms with Crippen LogP contribution in [0.25, 0.3) is 0 Å². The molecule has 94 valence electrons. The summed E-state index contributed by atoms with van der Waals surface area (Å²) in [6.07, 6.45) is 10.2. The molecule has 0 aliphatic rings. The number of unbranched alkanes of at least 4 members (excludes halogenated alkanes) is 4. The highest BCUT2D eigenvalue weighted by atomic mass is 16.4. The number of nitriles is 1. The van der Waals surface area contributed by atoms with Gasteiger partial charge in [-0.05, 0) is 25.8 Å². The maximum absolute atomic E-state index is 10.6. The van der Waals surface area contributed by atoms with E-state index in [0.29, 0.717) is 0 Å². The Labute approximate surface area is 103 Å². The van der Waals surface area contributed by atoms with Crippen molar-refractivity contribution in [2.75, 3.05) is 0 Å². The van der Waals surface area contributed by atoms with E-state index < -0.39 is 5.97 Å². The van der Waals surface area contributed by atoms with Crippen LogP contribution in [0.1, 0.15) is 52.4 Å². The van der Waals surface area contributed by atoms with Gasteiger partial charge in [-0.1, -0.05) is 44.3 Å². The Morgan fingerprint density at radius 1 is 1.24 bits per heavy atom. The van der Waals surface area contributed by atoms with Crippen LogP contribution in [0.3, 0.4) is 0 Å². The first-order valence-electron chi connectivity index (χ1n) is 6.12. The Hall–Kier alpha value is -1.56. The van der Waals surface area contributed by atoms with E-state index >= 15 is 0 Å². The summed E-state index contributed by atoms with van der Waals surface area (Å²) in [5.74, 6) is -1.17. The van der Waals surface area contributed by atoms with Crippen molar-refractivity contribution in [3.8, 4) is 6.07 Å². The van der Waals surface area contributed by atoms with Crippen LogP contribution in [0.2, 0.25) is 0 Å². The molecule has 0 saturated carbocycles. The summed E-state index contributed by atoms with van der Waals surface area (Å²) in [5, 5.41) is 17.2. The third-order valence-corrected chi connectivity index (χ3v) is 2.56. The average Bonchev–Trinajstić information content (AvgIpc) is 2.29. The molecule has 0 aromatic rings. The van der Waals surface area contributed by atoms with Crippen molar-refractivity contribution < 1.29 is 9.90 Å². The van der Waals surface area contributed by atoms with E-state index in [1.807, 2.05) is 6.92 Å². The van der Waals surface area contributed by atoms with E-state index in [-0.39, 0.29) is 5.57 Å². The van der Waals surface area contributed by atoms with Crippen molar-refractivity contribution in [1.29, 1.82) is 5.26 Å². The van der Waals surface area contributed by atoms with Gasteiger partial charge >= 0.3 is 5.97 Å². The van der Waals surface area contributed by atoms with Crippen LogP contribution in [-0.4, -0.2) is 11.1 Å². The zero-order chi connectivity index (χ0) is 13.1. The number of carbonyl (C=O) groups is 1. The lowest BCUT2D eigenvalue weighted by molar-refractivity contribution is -0.132. The quantitative estimate of drug-likeness (QED) is 0.301. The van der Waals surface area contributed by atoms with Crippen LogP contribution in [-0.2, 0) is 4.79 Å². The smallest absolute Gasteiger partial charge is 0.346 e. The van der Waals surface area contributed by atoms with Crippen LogP contribution in [0.4, 0.5) is 0 Å². The van der Waals surface area contributed by atoms with Gasteiger partial charge < -0.3 is 5.11 Å². The summed E-state index contributed by atoms with van der Waals surface area (Å²) in [5.41, 5.74) is 0.908. The van der Waals surface area contributed by atoms with Crippen molar-refractivity contribution >= 4 is 5.97 Å². The molecule has 0 aliphatic heterocycles. The zero-order valence-corrected chi connectivity index (χ0v) is 10.7. The molecule has 0 amide bonds. The number of carboxylic acid groups (broad SMARTS) is 1. The molecule has 0 fully saturated rings. The summed E-state index contributed by atoms with van der Waals surface area (Å²) >= 11 is 0. The van der Waals surface area contributed by atoms with Crippen molar-refractivity contribution in [3.05, 3.63) is 23.3 Å². The zero-order valence-electron chi connectivity index (χ0n) is 10.7. The fourth-order valence-electron chi connectivity index (χ4n) is 1.47. The van der Waals surface area contributed by atoms with E-state index in [2.05, 4.69) is 6.92 Å². The molecule has 17 heavy (non-hydrogen) atoms. The van der Waals surface area contributed by atoms with E-state index in [1.165, 1.54) is 31.8 Å². The molecule has 0 aromatic carbocycles. The molecular weight excluding hydrogens is 214 g/mol. The summed E-state index contributed by atoms with van der Waals surface area (Å²) in [6, 6.07) is 1.66. The third-order valence-electron chi connectivity index (χ3n) is 2.56. The van der Waals surface area contributed by atoms with Crippen LogP contribution < -0.4 is 0 Å². The lowest BCUT2D eigenvalue weighted by Crippen LogP contribution is -1.96. The van der Waals surface area contributed by atoms with Crippen LogP contribution >= 0.6 is 0 Å². The number of hydrogen-bond donors (Lipinski definition) is 1. The van der Waals surface area contributed by atoms with Crippen LogP contribution in [0.5, 0.6) is 0 Å². The number of hydrogen-bond acceptors (Lipinski definition) is 2. The lowest BCUT2D eigenvalue weighted by Gasteiger charge is -2.00. The lowest BCUT2D eigenvalue weighted by atomic mass is 10.1. The monoisotopic (exact) mass is 235 g/mol. The summed E-state index contributed by atoms with van der Waals surface area (Å²) in [4.78, 5) is 10.6. The standard InChI is InChI=1S/C14H21NO2/c1-3-4-5-6-7-8-12(2)9-10-13(11-15)14(16)17/h9-10H,3-8H2,1-2H3,(H,16,17)/b12-9-,13-10+. The largest absolute Gasteiger partial charge is 0.477 e. The third kappa shape index (κ3) is 8.27. The van der Waals surface area contributed by atoms with Gasteiger partial charge in [-0.25, -0.2) is 4.79 Å². The number of carboxylic acids is 1. The van der Waals surface area contributed by atoms with Crippen molar-refractivity contribution in [2.24, 2.45) is 0 Å². The van der Waals surface area contributed by atoms with E-state index in [1.54, 1.807) is 12.1 Å². The van der Waals surface area contributed by atoms with E-state index in [0.717, 1.165) is 18.4 Å². The van der Waals surface area contributed by atoms with Gasteiger partial charge in [-0.2, -0.15) is 5.26 Å². The highest BCUT2D eigenvalue weighted by Gasteiger charge is 2.03. The topological polar surface area (TPSA) is 61.1 Å². The molecule has 0 atom stereocenters. The highest BCUT2D eigenvalue weighted by molar-refractivity contribution is 5.91. The molecule has 0 saturated heterocycles. The molecule has 3 heteroatoms. The first-order valence-corrected chi connectivity index (χ1v) is 6.12. The van der Waals surface area contributed by atoms with Gasteiger partial charge in [-0.3, -0.25) is 0 Å². The van der Waals surface area contributed by atoms with Crippen molar-refractivity contribution in [1.82, 2.24) is 0 Å². The maximum atomic E-state index is 10.6. The van der Waals surface area contributed by atoms with Gasteiger partial charge in [0.25, 0.3) is 0 Å². The summed E-state index contributed by atoms with van der Waals surface area (Å²) in [7, 11) is 0. The van der Waals surface area contributed by atoms with Gasteiger partial charge in [0.15, 0.2) is 0 Å². The predicted octanol–water partition coefficient (Wildman–Crippen LogP) is 3.83. The highest BCUT2D eigenvalue weighted by Crippen LogP contribution is 2.11. The van der Waals surface area contributed by atoms with Crippen LogP contribution in [0, 0.1) is 11.3 Å². The number of aliphatic carboxylic acids is 1. The molecule has 0 radical (unpaired) electrons. The Balaban J connectivity index is 4.01. The number of allylic oxidation sites excluding steroid dienone is 3. The van der Waals surface area contributed by atoms with Gasteiger partial charge in [0, 0.05) is 0 Å². The normalized spacial score (nSPS) is 12.3. The first-order chi connectivity index (χ1) is 8.11. The Morgan fingerprint density at radius 3 is 2.41 bits per heavy atom. The van der Waals surface area contributed by atoms with Crippen molar-refractivity contribution in [3.63, 3.8) is 0 Å². The summed E-state index contributed by atoms with van der Waals surface area (Å²) in [6.45, 7) is 4.15. The maximum Gasteiger partial charge on any atom is 0.346 e. The Kier molecular flexibility index (Phi) is 8.77. The molecular formula is C14H21NO2. The fourth-order valence-corrected chi connectivity index (χ4v) is 1.47. The molecule has 0 aromatic heterocycles. The molecule has 3 nitrogen and oxygen atoms in total. The fraction of sp³-hybridized carbons (Fsp3) is 0.571. The second kappa shape index (κ2) is 9.65. The van der Waals surface area contributed by atoms with Gasteiger partial charge in [0.05, 0.1) is 0 Å². The molecule has 0 aliphatic carbocycles. The van der Waals surface area contributed by atoms with Crippen molar-refractivity contribution in [2.45, 2.75) is 52.4 Å². The second-order valence-electron chi connectivity index (χ2n) is 4.17. The second-order valence-corrected chi connectivity index (χ2v) is 4.17. The molecule has 0 rings (SSSR count). The minimum absolute atomic E-state index is 0.213. The molecule has 0 heterocycles. The average molecular weight is 235 g/mol. The molecule has 0 spiro atoms. The summed E-state index contributed by atoms with van der Waals surface area (Å²) < 4.78 is 0. The Bertz CT molecular complexity index is 335. The van der Waals surface area contributed by atoms with Crippen LogP contribution in [0.15, 0.2) is 23.3 Å². The minimum atomic E-state index is -1.17. The van der Waals surface area contributed by atoms with Gasteiger partial charge in [0.2, 0.25) is 0 Å². The molecule has 0 unspecified atom stereocenters. The number of rotatable bonds is 8. The van der Waals surface area contributed by atoms with E-state index in [9.17, 15) is 4.79 Å².